The van der Waals surface area contributed by atoms with Crippen LogP contribution in [0, 0.1) is 23.2 Å². The highest BCUT2D eigenvalue weighted by Crippen LogP contribution is 2.33. The van der Waals surface area contributed by atoms with Crippen LogP contribution in [0.15, 0.2) is 0 Å². The van der Waals surface area contributed by atoms with Crippen molar-refractivity contribution in [2.24, 2.45) is 11.8 Å². The van der Waals surface area contributed by atoms with Gasteiger partial charge in [0.05, 0.1) is 12.0 Å². The largest absolute Gasteiger partial charge is 0.302 e. The van der Waals surface area contributed by atoms with Crippen LogP contribution >= 0.6 is 0 Å². The van der Waals surface area contributed by atoms with Crippen molar-refractivity contribution in [3.8, 4) is 6.07 Å². The van der Waals surface area contributed by atoms with Crippen molar-refractivity contribution in [1.82, 2.24) is 4.90 Å². The standard InChI is InChI=1S/C12H20N2/c1-14(9-10-6-7-10)12-5-3-2-4-11(12)8-13/h10-12H,2-7,9H2,1H3. The van der Waals surface area contributed by atoms with Crippen molar-refractivity contribution in [3.05, 3.63) is 0 Å². The summed E-state index contributed by atoms with van der Waals surface area (Å²) in [5.41, 5.74) is 0. The molecule has 0 aromatic heterocycles. The van der Waals surface area contributed by atoms with Crippen molar-refractivity contribution < 1.29 is 0 Å². The fourth-order valence-electron chi connectivity index (χ4n) is 2.63. The van der Waals surface area contributed by atoms with Crippen molar-refractivity contribution in [2.45, 2.75) is 44.6 Å². The van der Waals surface area contributed by atoms with Gasteiger partial charge in [-0.3, -0.25) is 0 Å². The number of nitriles is 1. The Morgan fingerprint density at radius 3 is 2.57 bits per heavy atom. The lowest BCUT2D eigenvalue weighted by Gasteiger charge is -2.34. The molecule has 0 spiro atoms. The monoisotopic (exact) mass is 192 g/mol. The first-order chi connectivity index (χ1) is 6.81. The first kappa shape index (κ1) is 9.98. The van der Waals surface area contributed by atoms with E-state index < -0.39 is 0 Å². The van der Waals surface area contributed by atoms with Crippen LogP contribution < -0.4 is 0 Å². The maximum atomic E-state index is 9.08. The zero-order chi connectivity index (χ0) is 9.97. The molecule has 0 radical (unpaired) electrons. The average molecular weight is 192 g/mol. The van der Waals surface area contributed by atoms with E-state index in [-0.39, 0.29) is 0 Å². The third kappa shape index (κ3) is 2.27. The maximum Gasteiger partial charge on any atom is 0.0672 e. The van der Waals surface area contributed by atoms with Crippen molar-refractivity contribution >= 4 is 0 Å². The fourth-order valence-corrected chi connectivity index (χ4v) is 2.63. The molecule has 0 aromatic carbocycles. The SMILES string of the molecule is CN(CC1CC1)C1CCCCC1C#N. The van der Waals surface area contributed by atoms with Crippen molar-refractivity contribution in [3.63, 3.8) is 0 Å². The summed E-state index contributed by atoms with van der Waals surface area (Å²) < 4.78 is 0. The summed E-state index contributed by atoms with van der Waals surface area (Å²) in [5.74, 6) is 1.24. The molecule has 2 aliphatic rings. The van der Waals surface area contributed by atoms with Crippen LogP contribution in [0.3, 0.4) is 0 Å². The average Bonchev–Trinajstić information content (AvgIpc) is 3.01. The summed E-state index contributed by atoms with van der Waals surface area (Å²) in [6, 6.07) is 3.04. The highest BCUT2D eigenvalue weighted by atomic mass is 15.1. The highest BCUT2D eigenvalue weighted by Gasteiger charge is 2.31. The lowest BCUT2D eigenvalue weighted by Crippen LogP contribution is -2.40. The molecule has 2 saturated carbocycles. The quantitative estimate of drug-likeness (QED) is 0.686. The Bertz CT molecular complexity index is 227. The number of hydrogen-bond donors (Lipinski definition) is 0. The van der Waals surface area contributed by atoms with Crippen LogP contribution in [0.2, 0.25) is 0 Å². The smallest absolute Gasteiger partial charge is 0.0672 e. The Morgan fingerprint density at radius 2 is 1.93 bits per heavy atom. The number of rotatable bonds is 3. The second kappa shape index (κ2) is 4.31. The molecule has 0 aromatic rings. The van der Waals surface area contributed by atoms with Gasteiger partial charge in [-0.1, -0.05) is 12.8 Å². The molecule has 2 aliphatic carbocycles. The van der Waals surface area contributed by atoms with E-state index in [1.165, 1.54) is 38.6 Å². The van der Waals surface area contributed by atoms with Gasteiger partial charge in [0.15, 0.2) is 0 Å². The molecule has 2 fully saturated rings. The first-order valence-corrected chi connectivity index (χ1v) is 5.91. The molecule has 0 heterocycles. The van der Waals surface area contributed by atoms with Gasteiger partial charge < -0.3 is 4.90 Å². The maximum absolute atomic E-state index is 9.08. The second-order valence-corrected chi connectivity index (χ2v) is 4.97. The van der Waals surface area contributed by atoms with E-state index in [2.05, 4.69) is 18.0 Å². The van der Waals surface area contributed by atoms with Gasteiger partial charge >= 0.3 is 0 Å². The molecule has 0 saturated heterocycles. The predicted octanol–water partition coefficient (Wildman–Crippen LogP) is 2.41. The topological polar surface area (TPSA) is 27.0 Å². The van der Waals surface area contributed by atoms with Crippen molar-refractivity contribution in [2.75, 3.05) is 13.6 Å². The second-order valence-electron chi connectivity index (χ2n) is 4.97. The highest BCUT2D eigenvalue weighted by molar-refractivity contribution is 4.95. The van der Waals surface area contributed by atoms with E-state index in [4.69, 9.17) is 5.26 Å². The van der Waals surface area contributed by atoms with Gasteiger partial charge in [0.2, 0.25) is 0 Å². The molecule has 78 valence electrons. The van der Waals surface area contributed by atoms with Gasteiger partial charge in [-0.25, -0.2) is 0 Å². The van der Waals surface area contributed by atoms with Crippen LogP contribution in [-0.2, 0) is 0 Å². The Morgan fingerprint density at radius 1 is 1.21 bits per heavy atom. The lowest BCUT2D eigenvalue weighted by atomic mass is 9.84. The van der Waals surface area contributed by atoms with Crippen molar-refractivity contribution in [1.29, 1.82) is 5.26 Å². The van der Waals surface area contributed by atoms with Crippen LogP contribution in [0.1, 0.15) is 38.5 Å². The summed E-state index contributed by atoms with van der Waals surface area (Å²) in [4.78, 5) is 2.45. The zero-order valence-electron chi connectivity index (χ0n) is 9.08. The molecule has 2 atom stereocenters. The summed E-state index contributed by atoms with van der Waals surface area (Å²) >= 11 is 0. The van der Waals surface area contributed by atoms with Crippen LogP contribution in [-0.4, -0.2) is 24.5 Å². The summed E-state index contributed by atoms with van der Waals surface area (Å²) in [6.07, 6.45) is 7.75. The normalized spacial score (nSPS) is 32.9. The summed E-state index contributed by atoms with van der Waals surface area (Å²) in [7, 11) is 2.21. The summed E-state index contributed by atoms with van der Waals surface area (Å²) in [6.45, 7) is 1.23. The minimum Gasteiger partial charge on any atom is -0.302 e. The van der Waals surface area contributed by atoms with Crippen LogP contribution in [0.5, 0.6) is 0 Å². The van der Waals surface area contributed by atoms with Gasteiger partial charge in [0.1, 0.15) is 0 Å². The van der Waals surface area contributed by atoms with Gasteiger partial charge in [0, 0.05) is 12.6 Å². The lowest BCUT2D eigenvalue weighted by molar-refractivity contribution is 0.152. The van der Waals surface area contributed by atoms with Crippen LogP contribution in [0.25, 0.3) is 0 Å². The molecule has 0 N–H and O–H groups in total. The number of hydrogen-bond acceptors (Lipinski definition) is 2. The summed E-state index contributed by atoms with van der Waals surface area (Å²) in [5, 5.41) is 9.08. The zero-order valence-corrected chi connectivity index (χ0v) is 9.08. The molecule has 0 bridgehead atoms. The Kier molecular flexibility index (Phi) is 3.08. The minimum atomic E-state index is 0.299. The molecular formula is C12H20N2. The third-order valence-corrected chi connectivity index (χ3v) is 3.70. The third-order valence-electron chi connectivity index (χ3n) is 3.70. The van der Waals surface area contributed by atoms with E-state index in [1.807, 2.05) is 0 Å². The molecule has 2 unspecified atom stereocenters. The van der Waals surface area contributed by atoms with Gasteiger partial charge in [-0.05, 0) is 38.6 Å². The molecule has 2 rings (SSSR count). The molecule has 0 aliphatic heterocycles. The van der Waals surface area contributed by atoms with E-state index in [9.17, 15) is 0 Å². The van der Waals surface area contributed by atoms with E-state index in [0.29, 0.717) is 12.0 Å². The fraction of sp³-hybridized carbons (Fsp3) is 0.917. The van der Waals surface area contributed by atoms with E-state index >= 15 is 0 Å². The minimum absolute atomic E-state index is 0.299. The van der Waals surface area contributed by atoms with E-state index in [1.54, 1.807) is 0 Å². The van der Waals surface area contributed by atoms with E-state index in [0.717, 1.165) is 12.3 Å². The van der Waals surface area contributed by atoms with Gasteiger partial charge in [-0.2, -0.15) is 5.26 Å². The Balaban J connectivity index is 1.88. The first-order valence-electron chi connectivity index (χ1n) is 5.91. The Hall–Kier alpha value is -0.550. The number of nitrogens with zero attached hydrogens (tertiary/aromatic N) is 2. The van der Waals surface area contributed by atoms with Gasteiger partial charge in [-0.15, -0.1) is 0 Å². The molecular weight excluding hydrogens is 172 g/mol. The molecule has 14 heavy (non-hydrogen) atoms. The predicted molar refractivity (Wildman–Crippen MR) is 56.7 cm³/mol. The molecule has 2 heteroatoms. The Labute approximate surface area is 86.9 Å². The van der Waals surface area contributed by atoms with Gasteiger partial charge in [0.25, 0.3) is 0 Å². The molecule has 2 nitrogen and oxygen atoms in total. The molecule has 0 amide bonds. The van der Waals surface area contributed by atoms with Crippen LogP contribution in [0.4, 0.5) is 0 Å².